The Morgan fingerprint density at radius 2 is 1.71 bits per heavy atom. The summed E-state index contributed by atoms with van der Waals surface area (Å²) in [5.41, 5.74) is 1.67. The van der Waals surface area contributed by atoms with E-state index in [1.807, 2.05) is 60.7 Å². The number of hydrogen-bond acceptors (Lipinski definition) is 3. The molecule has 1 aliphatic rings. The molecule has 3 rings (SSSR count). The average molecular weight is 338 g/mol. The zero-order valence-electron chi connectivity index (χ0n) is 14.3. The number of rotatable bonds is 5. The van der Waals surface area contributed by atoms with E-state index in [2.05, 4.69) is 19.6 Å². The molecule has 0 saturated heterocycles. The maximum atomic E-state index is 12.5. The van der Waals surface area contributed by atoms with E-state index in [1.54, 1.807) is 0 Å². The molecule has 0 N–H and O–H groups in total. The van der Waals surface area contributed by atoms with E-state index < -0.39 is 8.32 Å². The largest absolute Gasteiger partial charge is 0.544 e. The first-order valence-electron chi connectivity index (χ1n) is 8.17. The summed E-state index contributed by atoms with van der Waals surface area (Å²) in [7, 11) is -1.76. The minimum atomic E-state index is -1.76. The second-order valence-electron chi connectivity index (χ2n) is 6.89. The fraction of sp³-hybridized carbons (Fsp3) is 0.250. The predicted octanol–water partition coefficient (Wildman–Crippen LogP) is 4.91. The van der Waals surface area contributed by atoms with Crippen LogP contribution >= 0.6 is 0 Å². The van der Waals surface area contributed by atoms with Crippen LogP contribution in [0.1, 0.15) is 22.3 Å². The summed E-state index contributed by atoms with van der Waals surface area (Å²) in [6.07, 6.45) is 1.94. The molecule has 3 nitrogen and oxygen atoms in total. The van der Waals surface area contributed by atoms with Gasteiger partial charge in [-0.1, -0.05) is 42.5 Å². The average Bonchev–Trinajstić information content (AvgIpc) is 2.54. The van der Waals surface area contributed by atoms with Crippen molar-refractivity contribution in [1.82, 2.24) is 0 Å². The Kier molecular flexibility index (Phi) is 4.58. The zero-order valence-corrected chi connectivity index (χ0v) is 15.3. The molecule has 124 valence electrons. The highest BCUT2D eigenvalue weighted by Crippen LogP contribution is 2.35. The Balaban J connectivity index is 1.85. The number of Topliss-reactive ketones (excluding diaryl/α,β-unsaturated/α-hetero) is 1. The van der Waals surface area contributed by atoms with E-state index in [-0.39, 0.29) is 11.9 Å². The Morgan fingerprint density at radius 1 is 1.04 bits per heavy atom. The van der Waals surface area contributed by atoms with Gasteiger partial charge in [-0.15, -0.1) is 0 Å². The third-order valence-corrected chi connectivity index (χ3v) is 4.50. The number of benzene rings is 2. The van der Waals surface area contributed by atoms with Crippen LogP contribution in [0.25, 0.3) is 5.76 Å². The van der Waals surface area contributed by atoms with Crippen molar-refractivity contribution in [1.29, 1.82) is 0 Å². The van der Waals surface area contributed by atoms with Crippen LogP contribution in [-0.2, 0) is 4.43 Å². The second kappa shape index (κ2) is 6.65. The van der Waals surface area contributed by atoms with Crippen molar-refractivity contribution in [3.8, 4) is 5.75 Å². The van der Waals surface area contributed by atoms with Gasteiger partial charge in [-0.2, -0.15) is 0 Å². The van der Waals surface area contributed by atoms with Gasteiger partial charge in [0.25, 0.3) is 0 Å². The Morgan fingerprint density at radius 3 is 2.42 bits per heavy atom. The van der Waals surface area contributed by atoms with Gasteiger partial charge in [-0.05, 0) is 37.8 Å². The first-order chi connectivity index (χ1) is 11.4. The van der Waals surface area contributed by atoms with Gasteiger partial charge in [0.1, 0.15) is 17.6 Å². The Bertz CT molecular complexity index is 760. The number of carbonyl (C=O) groups is 1. The number of para-hydroxylation sites is 1. The summed E-state index contributed by atoms with van der Waals surface area (Å²) in [6, 6.07) is 17.2. The van der Waals surface area contributed by atoms with Crippen molar-refractivity contribution in [3.63, 3.8) is 0 Å². The van der Waals surface area contributed by atoms with Crippen molar-refractivity contribution < 1.29 is 14.0 Å². The van der Waals surface area contributed by atoms with Crippen molar-refractivity contribution in [2.24, 2.45) is 0 Å². The molecular weight excluding hydrogens is 316 g/mol. The van der Waals surface area contributed by atoms with Crippen molar-refractivity contribution in [2.75, 3.05) is 0 Å². The molecule has 2 aromatic rings. The van der Waals surface area contributed by atoms with E-state index in [1.165, 1.54) is 0 Å². The molecule has 0 fully saturated rings. The van der Waals surface area contributed by atoms with Gasteiger partial charge in [0.15, 0.2) is 5.78 Å². The molecule has 1 unspecified atom stereocenters. The standard InChI is InChI=1S/C20H22O3Si/c1-24(2,3)23-20-14-16(22-19-12-8-7-11-17(19)20)13-18(21)15-9-5-4-6-10-15/h4-12,14,16H,13H2,1-3H3. The molecule has 0 bridgehead atoms. The molecule has 1 heterocycles. The van der Waals surface area contributed by atoms with Crippen LogP contribution in [0.3, 0.4) is 0 Å². The van der Waals surface area contributed by atoms with Gasteiger partial charge in [-0.25, -0.2) is 0 Å². The van der Waals surface area contributed by atoms with Gasteiger partial charge in [-0.3, -0.25) is 4.79 Å². The van der Waals surface area contributed by atoms with Crippen LogP contribution in [0.4, 0.5) is 0 Å². The molecule has 4 heteroatoms. The van der Waals surface area contributed by atoms with Crippen molar-refractivity contribution >= 4 is 19.9 Å². The van der Waals surface area contributed by atoms with Crippen LogP contribution in [0.5, 0.6) is 5.75 Å². The van der Waals surface area contributed by atoms with Crippen molar-refractivity contribution in [2.45, 2.75) is 32.2 Å². The predicted molar refractivity (Wildman–Crippen MR) is 98.7 cm³/mol. The first-order valence-corrected chi connectivity index (χ1v) is 11.6. The normalized spacial score (nSPS) is 16.6. The molecule has 2 aromatic carbocycles. The fourth-order valence-corrected chi connectivity index (χ4v) is 3.51. The molecule has 0 saturated carbocycles. The Hall–Kier alpha value is -2.33. The lowest BCUT2D eigenvalue weighted by molar-refractivity contribution is 0.0933. The van der Waals surface area contributed by atoms with E-state index in [0.717, 1.165) is 17.1 Å². The topological polar surface area (TPSA) is 35.5 Å². The Labute approximate surface area is 144 Å². The van der Waals surface area contributed by atoms with Gasteiger partial charge in [0.05, 0.1) is 12.0 Å². The maximum Gasteiger partial charge on any atom is 0.242 e. The molecule has 0 aromatic heterocycles. The minimum Gasteiger partial charge on any atom is -0.544 e. The molecule has 1 atom stereocenters. The van der Waals surface area contributed by atoms with Crippen LogP contribution in [0.15, 0.2) is 60.7 Å². The SMILES string of the molecule is C[Si](C)(C)OC1=CC(CC(=O)c2ccccc2)Oc2ccccc21. The molecule has 0 aliphatic carbocycles. The first kappa shape index (κ1) is 16.5. The minimum absolute atomic E-state index is 0.0728. The number of ether oxygens (including phenoxy) is 1. The van der Waals surface area contributed by atoms with Crippen LogP contribution in [0.2, 0.25) is 19.6 Å². The van der Waals surface area contributed by atoms with E-state index in [9.17, 15) is 4.79 Å². The smallest absolute Gasteiger partial charge is 0.242 e. The third kappa shape index (κ3) is 3.95. The van der Waals surface area contributed by atoms with Gasteiger partial charge in [0, 0.05) is 5.56 Å². The quantitative estimate of drug-likeness (QED) is 0.574. The monoisotopic (exact) mass is 338 g/mol. The van der Waals surface area contributed by atoms with Crippen LogP contribution in [-0.4, -0.2) is 20.2 Å². The van der Waals surface area contributed by atoms with Gasteiger partial charge < -0.3 is 9.16 Å². The van der Waals surface area contributed by atoms with Gasteiger partial charge >= 0.3 is 0 Å². The van der Waals surface area contributed by atoms with E-state index in [0.29, 0.717) is 12.0 Å². The van der Waals surface area contributed by atoms with E-state index in [4.69, 9.17) is 9.16 Å². The molecular formula is C20H22O3Si. The van der Waals surface area contributed by atoms with Crippen LogP contribution < -0.4 is 4.74 Å². The van der Waals surface area contributed by atoms with E-state index >= 15 is 0 Å². The molecule has 0 radical (unpaired) electrons. The molecule has 0 amide bonds. The van der Waals surface area contributed by atoms with Crippen LogP contribution in [0, 0.1) is 0 Å². The number of hydrogen-bond donors (Lipinski definition) is 0. The highest BCUT2D eigenvalue weighted by molar-refractivity contribution is 6.70. The molecule has 1 aliphatic heterocycles. The summed E-state index contributed by atoms with van der Waals surface area (Å²) in [6.45, 7) is 6.45. The summed E-state index contributed by atoms with van der Waals surface area (Å²) in [4.78, 5) is 12.5. The lowest BCUT2D eigenvalue weighted by Crippen LogP contribution is -2.28. The lowest BCUT2D eigenvalue weighted by atomic mass is 10.0. The number of fused-ring (bicyclic) bond motifs is 1. The second-order valence-corrected chi connectivity index (χ2v) is 11.3. The number of ketones is 1. The molecule has 0 spiro atoms. The summed E-state index contributed by atoms with van der Waals surface area (Å²) in [5.74, 6) is 1.68. The van der Waals surface area contributed by atoms with Crippen molar-refractivity contribution in [3.05, 3.63) is 71.8 Å². The third-order valence-electron chi connectivity index (χ3n) is 3.67. The lowest BCUT2D eigenvalue weighted by Gasteiger charge is -2.29. The number of carbonyl (C=O) groups excluding carboxylic acids is 1. The fourth-order valence-electron chi connectivity index (χ4n) is 2.67. The summed E-state index contributed by atoms with van der Waals surface area (Å²) < 4.78 is 12.2. The highest BCUT2D eigenvalue weighted by atomic mass is 28.4. The highest BCUT2D eigenvalue weighted by Gasteiger charge is 2.27. The van der Waals surface area contributed by atoms with Gasteiger partial charge in [0.2, 0.25) is 8.32 Å². The summed E-state index contributed by atoms with van der Waals surface area (Å²) >= 11 is 0. The zero-order chi connectivity index (χ0) is 17.2. The maximum absolute atomic E-state index is 12.5. The summed E-state index contributed by atoms with van der Waals surface area (Å²) in [5, 5.41) is 0. The molecule has 24 heavy (non-hydrogen) atoms.